The number of rotatable bonds is 5. The van der Waals surface area contributed by atoms with E-state index in [9.17, 15) is 0 Å². The number of nitrogen functional groups attached to an aromatic ring is 1. The van der Waals surface area contributed by atoms with Crippen LogP contribution >= 0.6 is 11.6 Å². The Balaban J connectivity index is 1.67. The van der Waals surface area contributed by atoms with Crippen LogP contribution in [0, 0.1) is 0 Å². The molecule has 5 N–H and O–H groups in total. The molecule has 0 amide bonds. The number of halogens is 1. The van der Waals surface area contributed by atoms with Crippen LogP contribution in [0.2, 0.25) is 5.02 Å². The molecule has 4 rings (SSSR count). The van der Waals surface area contributed by atoms with Gasteiger partial charge in [0.1, 0.15) is 16.5 Å². The van der Waals surface area contributed by atoms with Crippen molar-refractivity contribution in [3.05, 3.63) is 41.2 Å². The second-order valence-electron chi connectivity index (χ2n) is 7.20. The average Bonchev–Trinajstić information content (AvgIpc) is 3.11. The van der Waals surface area contributed by atoms with Gasteiger partial charge in [-0.1, -0.05) is 11.6 Å². The van der Waals surface area contributed by atoms with E-state index in [1.807, 2.05) is 37.4 Å². The van der Waals surface area contributed by atoms with Gasteiger partial charge in [-0.25, -0.2) is 9.50 Å². The number of imidazole rings is 1. The van der Waals surface area contributed by atoms with Crippen molar-refractivity contribution in [3.8, 4) is 5.75 Å². The van der Waals surface area contributed by atoms with Gasteiger partial charge in [0.2, 0.25) is 0 Å². The van der Waals surface area contributed by atoms with Crippen molar-refractivity contribution < 1.29 is 4.74 Å². The molecule has 1 aromatic carbocycles. The molecule has 0 atom stereocenters. The molecule has 1 aliphatic rings. The summed E-state index contributed by atoms with van der Waals surface area (Å²) in [4.78, 5) is 4.84. The third-order valence-electron chi connectivity index (χ3n) is 5.21. The van der Waals surface area contributed by atoms with Crippen LogP contribution in [-0.2, 0) is 0 Å². The minimum Gasteiger partial charge on any atom is -0.494 e. The molecule has 0 saturated heterocycles. The third kappa shape index (κ3) is 3.72. The number of nitrogens with two attached hydrogens (primary N) is 2. The maximum Gasteiger partial charge on any atom is 0.179 e. The van der Waals surface area contributed by atoms with E-state index >= 15 is 0 Å². The van der Waals surface area contributed by atoms with Crippen LogP contribution in [0.5, 0.6) is 5.75 Å². The topological polar surface area (TPSA) is 103 Å². The molecule has 28 heavy (non-hydrogen) atoms. The molecule has 0 unspecified atom stereocenters. The van der Waals surface area contributed by atoms with Crippen molar-refractivity contribution in [2.24, 2.45) is 5.73 Å². The lowest BCUT2D eigenvalue weighted by Gasteiger charge is -2.24. The van der Waals surface area contributed by atoms with E-state index in [-0.39, 0.29) is 5.82 Å². The first-order valence-electron chi connectivity index (χ1n) is 9.65. The molecule has 0 aliphatic heterocycles. The van der Waals surface area contributed by atoms with Gasteiger partial charge in [0.15, 0.2) is 11.5 Å². The summed E-state index contributed by atoms with van der Waals surface area (Å²) in [7, 11) is 0. The Kier molecular flexibility index (Phi) is 5.28. The van der Waals surface area contributed by atoms with Crippen molar-refractivity contribution in [2.45, 2.75) is 44.6 Å². The maximum absolute atomic E-state index is 6.47. The van der Waals surface area contributed by atoms with Crippen LogP contribution in [0.15, 0.2) is 30.5 Å². The highest BCUT2D eigenvalue weighted by atomic mass is 35.5. The number of hydrogen-bond acceptors (Lipinski definition) is 6. The molecule has 0 spiro atoms. The lowest BCUT2D eigenvalue weighted by molar-refractivity contribution is 0.340. The van der Waals surface area contributed by atoms with Gasteiger partial charge in [-0.2, -0.15) is 0 Å². The Labute approximate surface area is 169 Å². The van der Waals surface area contributed by atoms with Crippen molar-refractivity contribution >= 4 is 34.4 Å². The SMILES string of the molecule is CCOc1ccc(Nc2c(Cl)c(N)nn3cc([C@H]4CC[C@H](N)CC4)nc23)cc1. The molecule has 148 valence electrons. The highest BCUT2D eigenvalue weighted by Gasteiger charge is 2.24. The Morgan fingerprint density at radius 1 is 1.21 bits per heavy atom. The van der Waals surface area contributed by atoms with Crippen molar-refractivity contribution in [2.75, 3.05) is 17.7 Å². The predicted octanol–water partition coefficient (Wildman–Crippen LogP) is 4.09. The highest BCUT2D eigenvalue weighted by molar-refractivity contribution is 6.36. The van der Waals surface area contributed by atoms with E-state index in [1.54, 1.807) is 4.52 Å². The Bertz CT molecular complexity index is 963. The molecule has 1 aliphatic carbocycles. The molecule has 2 heterocycles. The van der Waals surface area contributed by atoms with Gasteiger partial charge in [-0.15, -0.1) is 5.10 Å². The zero-order valence-corrected chi connectivity index (χ0v) is 16.6. The van der Waals surface area contributed by atoms with Gasteiger partial charge in [-0.3, -0.25) is 0 Å². The van der Waals surface area contributed by atoms with Crippen LogP contribution in [0.4, 0.5) is 17.2 Å². The number of hydrogen-bond donors (Lipinski definition) is 3. The molecule has 0 radical (unpaired) electrons. The van der Waals surface area contributed by atoms with E-state index in [0.29, 0.717) is 34.9 Å². The Morgan fingerprint density at radius 2 is 1.93 bits per heavy atom. The van der Waals surface area contributed by atoms with Crippen LogP contribution in [0.3, 0.4) is 0 Å². The Hall–Kier alpha value is -2.51. The highest BCUT2D eigenvalue weighted by Crippen LogP contribution is 2.36. The summed E-state index contributed by atoms with van der Waals surface area (Å²) in [5.41, 5.74) is 15.3. The Morgan fingerprint density at radius 3 is 2.61 bits per heavy atom. The molecule has 1 saturated carbocycles. The number of nitrogens with zero attached hydrogens (tertiary/aromatic N) is 3. The number of fused-ring (bicyclic) bond motifs is 1. The fourth-order valence-electron chi connectivity index (χ4n) is 3.69. The first-order chi connectivity index (χ1) is 13.5. The minimum absolute atomic E-state index is 0.261. The van der Waals surface area contributed by atoms with Gasteiger partial charge in [0, 0.05) is 17.6 Å². The predicted molar refractivity (Wildman–Crippen MR) is 112 cm³/mol. The van der Waals surface area contributed by atoms with Gasteiger partial charge in [-0.05, 0) is 56.9 Å². The molecule has 2 aromatic heterocycles. The van der Waals surface area contributed by atoms with Crippen LogP contribution in [0.25, 0.3) is 5.65 Å². The fraction of sp³-hybridized carbons (Fsp3) is 0.400. The van der Waals surface area contributed by atoms with E-state index in [2.05, 4.69) is 10.4 Å². The first kappa shape index (κ1) is 18.8. The lowest BCUT2D eigenvalue weighted by atomic mass is 9.85. The second kappa shape index (κ2) is 7.85. The molecule has 3 aromatic rings. The van der Waals surface area contributed by atoms with E-state index in [1.165, 1.54) is 0 Å². The molecule has 8 heteroatoms. The number of benzene rings is 1. The van der Waals surface area contributed by atoms with Crippen LogP contribution < -0.4 is 21.5 Å². The average molecular weight is 401 g/mol. The zero-order valence-electron chi connectivity index (χ0n) is 15.9. The van der Waals surface area contributed by atoms with Crippen LogP contribution in [0.1, 0.15) is 44.2 Å². The van der Waals surface area contributed by atoms with E-state index < -0.39 is 0 Å². The normalized spacial score (nSPS) is 19.7. The number of anilines is 3. The zero-order chi connectivity index (χ0) is 19.7. The summed E-state index contributed by atoms with van der Waals surface area (Å²) < 4.78 is 7.20. The number of aromatic nitrogens is 3. The number of ether oxygens (including phenoxy) is 1. The van der Waals surface area contributed by atoms with Crippen molar-refractivity contribution in [1.29, 1.82) is 0 Å². The molecular formula is C20H25ClN6O. The molecule has 1 fully saturated rings. The smallest absolute Gasteiger partial charge is 0.179 e. The van der Waals surface area contributed by atoms with Crippen LogP contribution in [-0.4, -0.2) is 27.2 Å². The van der Waals surface area contributed by atoms with Gasteiger partial charge in [0.05, 0.1) is 18.5 Å². The quantitative estimate of drug-likeness (QED) is 0.595. The standard InChI is InChI=1S/C20H25ClN6O/c1-2-28-15-9-7-14(8-10-15)24-18-17(21)19(23)26-27-11-16(25-20(18)27)12-3-5-13(22)6-4-12/h7-13,24H,2-6,22H2,1H3,(H2,23,26)/t12-,13-. The summed E-state index contributed by atoms with van der Waals surface area (Å²) in [5.74, 6) is 1.47. The van der Waals surface area contributed by atoms with Crippen molar-refractivity contribution in [1.82, 2.24) is 14.6 Å². The molecular weight excluding hydrogens is 376 g/mol. The summed E-state index contributed by atoms with van der Waals surface area (Å²) >= 11 is 6.47. The van der Waals surface area contributed by atoms with E-state index in [0.717, 1.165) is 42.8 Å². The van der Waals surface area contributed by atoms with E-state index in [4.69, 9.17) is 32.8 Å². The minimum atomic E-state index is 0.261. The first-order valence-corrected chi connectivity index (χ1v) is 10.0. The molecule has 7 nitrogen and oxygen atoms in total. The third-order valence-corrected chi connectivity index (χ3v) is 5.60. The van der Waals surface area contributed by atoms with Gasteiger partial charge in [0.25, 0.3) is 0 Å². The lowest BCUT2D eigenvalue weighted by Crippen LogP contribution is -2.25. The maximum atomic E-state index is 6.47. The van der Waals surface area contributed by atoms with Gasteiger partial charge < -0.3 is 21.5 Å². The largest absolute Gasteiger partial charge is 0.494 e. The monoisotopic (exact) mass is 400 g/mol. The summed E-state index contributed by atoms with van der Waals surface area (Å²) in [5, 5.41) is 8.06. The second-order valence-corrected chi connectivity index (χ2v) is 7.58. The molecule has 0 bridgehead atoms. The van der Waals surface area contributed by atoms with Crippen molar-refractivity contribution in [3.63, 3.8) is 0 Å². The number of nitrogens with one attached hydrogen (secondary N) is 1. The summed E-state index contributed by atoms with van der Waals surface area (Å²) in [6.07, 6.45) is 6.07. The fourth-order valence-corrected chi connectivity index (χ4v) is 3.86. The summed E-state index contributed by atoms with van der Waals surface area (Å²) in [6, 6.07) is 7.98. The summed E-state index contributed by atoms with van der Waals surface area (Å²) in [6.45, 7) is 2.58. The van der Waals surface area contributed by atoms with Gasteiger partial charge >= 0.3 is 0 Å².